The zero-order valence-electron chi connectivity index (χ0n) is 16.5. The van der Waals surface area contributed by atoms with Crippen molar-refractivity contribution in [3.05, 3.63) is 58.4 Å². The van der Waals surface area contributed by atoms with E-state index in [-0.39, 0.29) is 0 Å². The third kappa shape index (κ3) is 4.55. The molecule has 1 amide bonds. The summed E-state index contributed by atoms with van der Waals surface area (Å²) in [6, 6.07) is 12.0. The first-order valence-corrected chi connectivity index (χ1v) is 9.92. The molecule has 0 aliphatic rings. The number of esters is 1. The van der Waals surface area contributed by atoms with Crippen LogP contribution in [0.4, 0.5) is 0 Å². The van der Waals surface area contributed by atoms with E-state index in [0.29, 0.717) is 41.4 Å². The first-order chi connectivity index (χ1) is 14.1. The van der Waals surface area contributed by atoms with Crippen molar-refractivity contribution in [1.82, 2.24) is 4.57 Å². The molecule has 0 N–H and O–H groups in total. The van der Waals surface area contributed by atoms with E-state index in [9.17, 15) is 9.59 Å². The Labute approximate surface area is 172 Å². The van der Waals surface area contributed by atoms with Crippen molar-refractivity contribution >= 4 is 33.4 Å². The van der Waals surface area contributed by atoms with Gasteiger partial charge in [0.25, 0.3) is 5.91 Å². The van der Waals surface area contributed by atoms with Crippen LogP contribution in [0.1, 0.15) is 27.6 Å². The molecule has 0 spiro atoms. The van der Waals surface area contributed by atoms with E-state index in [0.717, 1.165) is 10.2 Å². The number of aromatic nitrogens is 1. The number of fused-ring (bicyclic) bond motifs is 1. The lowest BCUT2D eigenvalue weighted by Crippen LogP contribution is -2.20. The van der Waals surface area contributed by atoms with Crippen LogP contribution in [-0.4, -0.2) is 43.9 Å². The van der Waals surface area contributed by atoms with E-state index >= 15 is 0 Å². The number of hydrogen-bond donors (Lipinski definition) is 0. The second kappa shape index (κ2) is 9.49. The first-order valence-electron chi connectivity index (χ1n) is 9.10. The highest BCUT2D eigenvalue weighted by atomic mass is 32.1. The monoisotopic (exact) mass is 414 g/mol. The number of para-hydroxylation sites is 1. The Morgan fingerprint density at radius 3 is 2.45 bits per heavy atom. The van der Waals surface area contributed by atoms with Crippen LogP contribution >= 0.6 is 11.3 Å². The number of carbonyl (C=O) groups is 2. The summed E-state index contributed by atoms with van der Waals surface area (Å²) >= 11 is 1.41. The number of rotatable bonds is 7. The van der Waals surface area contributed by atoms with Gasteiger partial charge in [-0.05, 0) is 43.3 Å². The van der Waals surface area contributed by atoms with E-state index in [4.69, 9.17) is 9.47 Å². The molecule has 1 aromatic heterocycles. The van der Waals surface area contributed by atoms with E-state index in [1.165, 1.54) is 18.4 Å². The Balaban J connectivity index is 2.03. The van der Waals surface area contributed by atoms with Gasteiger partial charge in [-0.25, -0.2) is 4.79 Å². The number of hydrogen-bond acceptors (Lipinski definition) is 6. The molecule has 3 rings (SSSR count). The van der Waals surface area contributed by atoms with Crippen LogP contribution in [0.5, 0.6) is 5.75 Å². The van der Waals surface area contributed by atoms with Gasteiger partial charge >= 0.3 is 5.97 Å². The van der Waals surface area contributed by atoms with Crippen molar-refractivity contribution in [2.24, 2.45) is 4.99 Å². The summed E-state index contributed by atoms with van der Waals surface area (Å²) in [7, 11) is 2.93. The second-order valence-corrected chi connectivity index (χ2v) is 7.04. The summed E-state index contributed by atoms with van der Waals surface area (Å²) in [5.41, 5.74) is 1.65. The van der Waals surface area contributed by atoms with Crippen LogP contribution in [0.3, 0.4) is 0 Å². The van der Waals surface area contributed by atoms with Gasteiger partial charge in [0.2, 0.25) is 0 Å². The van der Waals surface area contributed by atoms with E-state index < -0.39 is 11.9 Å². The minimum atomic E-state index is -0.452. The molecule has 0 fully saturated rings. The molecule has 0 aliphatic carbocycles. The van der Waals surface area contributed by atoms with Gasteiger partial charge in [-0.2, -0.15) is 4.99 Å². The molecule has 3 aromatic rings. The SMILES string of the molecule is CCOCCn1c(=NC(=O)c2ccc(C(=O)OC)cc2)sc2cccc(OC)c21. The number of nitrogens with zero attached hydrogens (tertiary/aromatic N) is 2. The minimum absolute atomic E-state index is 0.377. The fraction of sp³-hybridized carbons (Fsp3) is 0.286. The van der Waals surface area contributed by atoms with Crippen molar-refractivity contribution in [3.63, 3.8) is 0 Å². The third-order valence-electron chi connectivity index (χ3n) is 4.30. The van der Waals surface area contributed by atoms with Gasteiger partial charge in [0, 0.05) is 18.7 Å². The quantitative estimate of drug-likeness (QED) is 0.438. The molecule has 2 aromatic carbocycles. The fourth-order valence-corrected chi connectivity index (χ4v) is 3.95. The molecular formula is C21H22N2O5S. The number of carbonyl (C=O) groups excluding carboxylic acids is 2. The molecule has 1 heterocycles. The molecule has 0 radical (unpaired) electrons. The second-order valence-electron chi connectivity index (χ2n) is 6.03. The third-order valence-corrected chi connectivity index (χ3v) is 5.34. The number of amides is 1. The predicted molar refractivity (Wildman–Crippen MR) is 111 cm³/mol. The maximum absolute atomic E-state index is 12.7. The van der Waals surface area contributed by atoms with E-state index in [1.807, 2.05) is 29.7 Å². The summed E-state index contributed by atoms with van der Waals surface area (Å²) in [5.74, 6) is -0.130. The van der Waals surface area contributed by atoms with Gasteiger partial charge in [-0.1, -0.05) is 17.4 Å². The molecule has 0 atom stereocenters. The Bertz CT molecular complexity index is 1080. The van der Waals surface area contributed by atoms with Crippen molar-refractivity contribution in [1.29, 1.82) is 0 Å². The Morgan fingerprint density at radius 1 is 1.07 bits per heavy atom. The molecule has 7 nitrogen and oxygen atoms in total. The zero-order valence-corrected chi connectivity index (χ0v) is 17.3. The lowest BCUT2D eigenvalue weighted by atomic mass is 10.1. The van der Waals surface area contributed by atoms with Crippen molar-refractivity contribution in [3.8, 4) is 5.75 Å². The smallest absolute Gasteiger partial charge is 0.337 e. The lowest BCUT2D eigenvalue weighted by molar-refractivity contribution is 0.0600. The van der Waals surface area contributed by atoms with Crippen LogP contribution in [0, 0.1) is 0 Å². The van der Waals surface area contributed by atoms with Gasteiger partial charge in [-0.3, -0.25) is 4.79 Å². The van der Waals surface area contributed by atoms with E-state index in [2.05, 4.69) is 9.73 Å². The van der Waals surface area contributed by atoms with Crippen molar-refractivity contribution in [2.75, 3.05) is 27.4 Å². The average Bonchev–Trinajstić information content (AvgIpc) is 3.10. The van der Waals surface area contributed by atoms with Gasteiger partial charge in [-0.15, -0.1) is 0 Å². The molecule has 8 heteroatoms. The summed E-state index contributed by atoms with van der Waals surface area (Å²) in [4.78, 5) is 29.2. The van der Waals surface area contributed by atoms with Crippen LogP contribution in [0.25, 0.3) is 10.2 Å². The maximum atomic E-state index is 12.7. The number of benzene rings is 2. The summed E-state index contributed by atoms with van der Waals surface area (Å²) in [6.07, 6.45) is 0. The molecule has 29 heavy (non-hydrogen) atoms. The zero-order chi connectivity index (χ0) is 20.8. The minimum Gasteiger partial charge on any atom is -0.495 e. The topological polar surface area (TPSA) is 79.1 Å². The molecule has 0 aliphatic heterocycles. The summed E-state index contributed by atoms with van der Waals surface area (Å²) in [5, 5.41) is 0. The Morgan fingerprint density at radius 2 is 1.79 bits per heavy atom. The van der Waals surface area contributed by atoms with Gasteiger partial charge in [0.15, 0.2) is 4.80 Å². The van der Waals surface area contributed by atoms with Crippen molar-refractivity contribution < 1.29 is 23.8 Å². The van der Waals surface area contributed by atoms with Crippen LogP contribution in [-0.2, 0) is 16.0 Å². The molecule has 0 saturated heterocycles. The van der Waals surface area contributed by atoms with Gasteiger partial charge in [0.05, 0.1) is 31.1 Å². The highest BCUT2D eigenvalue weighted by molar-refractivity contribution is 7.16. The van der Waals surface area contributed by atoms with Crippen LogP contribution in [0.15, 0.2) is 47.5 Å². The summed E-state index contributed by atoms with van der Waals surface area (Å²) in [6.45, 7) is 3.58. The molecule has 0 unspecified atom stereocenters. The standard InChI is InChI=1S/C21H22N2O5S/c1-4-28-13-12-23-18-16(26-2)6-5-7-17(18)29-21(23)22-19(24)14-8-10-15(11-9-14)20(25)27-3/h5-11H,4,12-13H2,1-3H3. The molecular weight excluding hydrogens is 392 g/mol. The highest BCUT2D eigenvalue weighted by Crippen LogP contribution is 2.27. The Hall–Kier alpha value is -2.97. The van der Waals surface area contributed by atoms with Crippen LogP contribution < -0.4 is 9.54 Å². The molecule has 0 saturated carbocycles. The summed E-state index contributed by atoms with van der Waals surface area (Å²) < 4.78 is 18.6. The number of ether oxygens (including phenoxy) is 3. The normalized spacial score (nSPS) is 11.6. The average molecular weight is 414 g/mol. The highest BCUT2D eigenvalue weighted by Gasteiger charge is 2.13. The lowest BCUT2D eigenvalue weighted by Gasteiger charge is -2.08. The van der Waals surface area contributed by atoms with Crippen molar-refractivity contribution in [2.45, 2.75) is 13.5 Å². The largest absolute Gasteiger partial charge is 0.495 e. The predicted octanol–water partition coefficient (Wildman–Crippen LogP) is 3.28. The van der Waals surface area contributed by atoms with Gasteiger partial charge < -0.3 is 18.8 Å². The number of methoxy groups -OCH3 is 2. The van der Waals surface area contributed by atoms with Crippen LogP contribution in [0.2, 0.25) is 0 Å². The molecule has 152 valence electrons. The Kier molecular flexibility index (Phi) is 6.79. The first kappa shape index (κ1) is 20.8. The number of thiazole rings is 1. The van der Waals surface area contributed by atoms with E-state index in [1.54, 1.807) is 31.4 Å². The maximum Gasteiger partial charge on any atom is 0.337 e. The van der Waals surface area contributed by atoms with Gasteiger partial charge in [0.1, 0.15) is 11.3 Å². The molecule has 0 bridgehead atoms. The fourth-order valence-electron chi connectivity index (χ4n) is 2.87.